The van der Waals surface area contributed by atoms with Crippen LogP contribution in [0.1, 0.15) is 11.6 Å². The van der Waals surface area contributed by atoms with Gasteiger partial charge in [-0.2, -0.15) is 5.26 Å². The Labute approximate surface area is 138 Å². The van der Waals surface area contributed by atoms with E-state index in [9.17, 15) is 13.7 Å². The summed E-state index contributed by atoms with van der Waals surface area (Å²) in [6.45, 7) is 0. The highest BCUT2D eigenvalue weighted by atomic mass is 35.5. The van der Waals surface area contributed by atoms with Gasteiger partial charge in [0.05, 0.1) is 11.0 Å². The fourth-order valence-electron chi connectivity index (χ4n) is 1.75. The van der Waals surface area contributed by atoms with Gasteiger partial charge in [0.15, 0.2) is 0 Å². The normalized spacial score (nSPS) is 12.6. The van der Waals surface area contributed by atoms with Crippen molar-refractivity contribution in [3.8, 4) is 6.07 Å². The van der Waals surface area contributed by atoms with Gasteiger partial charge in [0.1, 0.15) is 6.04 Å². The summed E-state index contributed by atoms with van der Waals surface area (Å²) in [6.07, 6.45) is 0. The smallest absolute Gasteiger partial charge is 0.222 e. The molecule has 2 N–H and O–H groups in total. The van der Waals surface area contributed by atoms with Crippen molar-refractivity contribution < 1.29 is 8.42 Å². The predicted octanol–water partition coefficient (Wildman–Crippen LogP) is 3.04. The minimum absolute atomic E-state index is 0.0736. The van der Waals surface area contributed by atoms with Crippen LogP contribution in [0.25, 0.3) is 0 Å². The molecule has 0 radical (unpaired) electrons. The molecule has 0 aliphatic heterocycles. The third kappa shape index (κ3) is 3.77. The second-order valence-corrected chi connectivity index (χ2v) is 6.76. The number of rotatable bonds is 5. The van der Waals surface area contributed by atoms with E-state index in [1.165, 1.54) is 12.1 Å². The van der Waals surface area contributed by atoms with Crippen LogP contribution >= 0.6 is 23.2 Å². The maximum atomic E-state index is 12.1. The van der Waals surface area contributed by atoms with Crippen LogP contribution in [0.2, 0.25) is 10.0 Å². The predicted molar refractivity (Wildman–Crippen MR) is 84.7 cm³/mol. The van der Waals surface area contributed by atoms with Gasteiger partial charge in [-0.25, -0.2) is 13.8 Å². The summed E-state index contributed by atoms with van der Waals surface area (Å²) >= 11 is 12.0. The van der Waals surface area contributed by atoms with Crippen molar-refractivity contribution in [1.82, 2.24) is 10.3 Å². The van der Waals surface area contributed by atoms with E-state index < -0.39 is 16.1 Å². The molecule has 2 aromatic rings. The van der Waals surface area contributed by atoms with Gasteiger partial charge in [0, 0.05) is 15.6 Å². The zero-order chi connectivity index (χ0) is 16.2. The number of sulfonamides is 1. The number of benzene rings is 2. The van der Waals surface area contributed by atoms with Crippen LogP contribution in [0, 0.1) is 11.3 Å². The van der Waals surface area contributed by atoms with E-state index >= 15 is 0 Å². The average Bonchev–Trinajstić information content (AvgIpc) is 2.51. The number of hydrazine groups is 1. The number of hydrogen-bond acceptors (Lipinski definition) is 4. The van der Waals surface area contributed by atoms with E-state index in [1.54, 1.807) is 36.4 Å². The molecule has 114 valence electrons. The first-order valence-electron chi connectivity index (χ1n) is 6.11. The van der Waals surface area contributed by atoms with Crippen molar-refractivity contribution in [2.45, 2.75) is 10.9 Å². The largest absolute Gasteiger partial charge is 0.253 e. The van der Waals surface area contributed by atoms with E-state index in [-0.39, 0.29) is 14.9 Å². The van der Waals surface area contributed by atoms with E-state index in [4.69, 9.17) is 23.2 Å². The van der Waals surface area contributed by atoms with E-state index in [0.29, 0.717) is 5.56 Å². The fourth-order valence-corrected chi connectivity index (χ4v) is 3.27. The highest BCUT2D eigenvalue weighted by molar-refractivity contribution is 7.89. The Morgan fingerprint density at radius 2 is 1.59 bits per heavy atom. The van der Waals surface area contributed by atoms with Crippen LogP contribution < -0.4 is 10.3 Å². The fraction of sp³-hybridized carbons (Fsp3) is 0.0714. The van der Waals surface area contributed by atoms with Crippen molar-refractivity contribution in [3.63, 3.8) is 0 Å². The van der Waals surface area contributed by atoms with Gasteiger partial charge in [0.25, 0.3) is 10.0 Å². The molecular weight excluding hydrogens is 345 g/mol. The molecule has 0 amide bonds. The Morgan fingerprint density at radius 1 is 1.00 bits per heavy atom. The number of nitrogens with zero attached hydrogens (tertiary/aromatic N) is 1. The molecule has 2 rings (SSSR count). The molecule has 1 atom stereocenters. The summed E-state index contributed by atoms with van der Waals surface area (Å²) in [5, 5.41) is 9.77. The number of nitrogens with one attached hydrogen (secondary N) is 2. The molecule has 0 saturated heterocycles. The summed E-state index contributed by atoms with van der Waals surface area (Å²) in [7, 11) is -3.80. The van der Waals surface area contributed by atoms with Crippen LogP contribution in [0.4, 0.5) is 0 Å². The molecule has 0 fully saturated rings. The first-order valence-corrected chi connectivity index (χ1v) is 8.35. The molecular formula is C14H11Cl2N3O2S. The van der Waals surface area contributed by atoms with Crippen molar-refractivity contribution >= 4 is 33.2 Å². The van der Waals surface area contributed by atoms with Crippen molar-refractivity contribution in [1.29, 1.82) is 5.26 Å². The van der Waals surface area contributed by atoms with E-state index in [0.717, 1.165) is 0 Å². The van der Waals surface area contributed by atoms with Gasteiger partial charge in [-0.05, 0) is 24.3 Å². The first-order chi connectivity index (χ1) is 10.5. The van der Waals surface area contributed by atoms with Crippen molar-refractivity contribution in [2.24, 2.45) is 0 Å². The molecule has 2 aromatic carbocycles. The van der Waals surface area contributed by atoms with Gasteiger partial charge in [-0.3, -0.25) is 0 Å². The van der Waals surface area contributed by atoms with Crippen LogP contribution in [0.3, 0.4) is 0 Å². The Kier molecular flexibility index (Phi) is 5.40. The van der Waals surface area contributed by atoms with Crippen LogP contribution in [0.15, 0.2) is 53.4 Å². The van der Waals surface area contributed by atoms with Gasteiger partial charge >= 0.3 is 0 Å². The first kappa shape index (κ1) is 16.7. The lowest BCUT2D eigenvalue weighted by Crippen LogP contribution is -2.39. The molecule has 0 aromatic heterocycles. The Bertz CT molecular complexity index is 784. The monoisotopic (exact) mass is 355 g/mol. The lowest BCUT2D eigenvalue weighted by molar-refractivity contribution is 0.539. The van der Waals surface area contributed by atoms with Crippen molar-refractivity contribution in [3.05, 3.63) is 64.1 Å². The van der Waals surface area contributed by atoms with E-state index in [1.807, 2.05) is 6.07 Å². The van der Waals surface area contributed by atoms with Crippen molar-refractivity contribution in [2.75, 3.05) is 0 Å². The van der Waals surface area contributed by atoms with Crippen LogP contribution in [-0.2, 0) is 10.0 Å². The molecule has 0 aliphatic rings. The maximum Gasteiger partial charge on any atom is 0.253 e. The molecule has 0 saturated carbocycles. The zero-order valence-electron chi connectivity index (χ0n) is 11.1. The molecule has 1 unspecified atom stereocenters. The Balaban J connectivity index is 2.21. The summed E-state index contributed by atoms with van der Waals surface area (Å²) in [5.41, 5.74) is 2.75. The number of hydrogen-bond donors (Lipinski definition) is 2. The SMILES string of the molecule is N#CC(NNS(=O)(=O)c1ccccc1)c1c(Cl)cccc1Cl. The second kappa shape index (κ2) is 7.09. The Hall–Kier alpha value is -1.62. The molecule has 22 heavy (non-hydrogen) atoms. The van der Waals surface area contributed by atoms with Gasteiger partial charge in [0.2, 0.25) is 0 Å². The third-order valence-electron chi connectivity index (χ3n) is 2.81. The minimum atomic E-state index is -3.80. The molecule has 0 bridgehead atoms. The zero-order valence-corrected chi connectivity index (χ0v) is 13.5. The molecule has 0 spiro atoms. The maximum absolute atomic E-state index is 12.1. The highest BCUT2D eigenvalue weighted by Crippen LogP contribution is 2.29. The molecule has 5 nitrogen and oxygen atoms in total. The highest BCUT2D eigenvalue weighted by Gasteiger charge is 2.20. The van der Waals surface area contributed by atoms with Gasteiger partial charge < -0.3 is 0 Å². The topological polar surface area (TPSA) is 82.0 Å². The summed E-state index contributed by atoms with van der Waals surface area (Å²) in [4.78, 5) is 2.24. The third-order valence-corrected chi connectivity index (χ3v) is 4.75. The molecule has 8 heteroatoms. The molecule has 0 heterocycles. The summed E-state index contributed by atoms with van der Waals surface area (Å²) in [5.74, 6) is 0. The van der Waals surface area contributed by atoms with Gasteiger partial charge in [-0.1, -0.05) is 47.5 Å². The minimum Gasteiger partial charge on any atom is -0.222 e. The van der Waals surface area contributed by atoms with Crippen LogP contribution in [0.5, 0.6) is 0 Å². The summed E-state index contributed by atoms with van der Waals surface area (Å²) in [6, 6.07) is 13.4. The molecule has 0 aliphatic carbocycles. The Morgan fingerprint density at radius 3 is 2.14 bits per heavy atom. The lowest BCUT2D eigenvalue weighted by Gasteiger charge is -2.15. The van der Waals surface area contributed by atoms with Gasteiger partial charge in [-0.15, -0.1) is 4.83 Å². The average molecular weight is 356 g/mol. The second-order valence-electron chi connectivity index (χ2n) is 4.26. The standard InChI is InChI=1S/C14H11Cl2N3O2S/c15-11-7-4-8-12(16)14(11)13(9-17)18-19-22(20,21)10-5-2-1-3-6-10/h1-8,13,18-19H. The number of nitriles is 1. The number of halogens is 2. The quantitative estimate of drug-likeness (QED) is 0.807. The lowest BCUT2D eigenvalue weighted by atomic mass is 10.1. The summed E-state index contributed by atoms with van der Waals surface area (Å²) < 4.78 is 24.2. The van der Waals surface area contributed by atoms with Crippen LogP contribution in [-0.4, -0.2) is 8.42 Å². The van der Waals surface area contributed by atoms with E-state index in [2.05, 4.69) is 10.3 Å².